The van der Waals surface area contributed by atoms with E-state index in [-0.39, 0.29) is 5.54 Å². The second kappa shape index (κ2) is 6.33. The van der Waals surface area contributed by atoms with Gasteiger partial charge in [-0.1, -0.05) is 13.3 Å². The molecule has 2 rings (SSSR count). The van der Waals surface area contributed by atoms with Crippen molar-refractivity contribution in [1.29, 1.82) is 0 Å². The Labute approximate surface area is 120 Å². The molecule has 1 N–H and O–H groups in total. The van der Waals surface area contributed by atoms with Crippen LogP contribution in [0.2, 0.25) is 0 Å². The second-order valence-corrected chi connectivity index (χ2v) is 6.77. The largest absolute Gasteiger partial charge is 0.378 e. The van der Waals surface area contributed by atoms with E-state index >= 15 is 0 Å². The predicted octanol–water partition coefficient (Wildman–Crippen LogP) is 3.62. The molecule has 4 heteroatoms. The Bertz CT molecular complexity index is 403. The summed E-state index contributed by atoms with van der Waals surface area (Å²) >= 11 is 1.79. The minimum absolute atomic E-state index is 0.0190. The van der Waals surface area contributed by atoms with Crippen molar-refractivity contribution in [2.24, 2.45) is 0 Å². The van der Waals surface area contributed by atoms with E-state index < -0.39 is 0 Å². The molecule has 1 saturated heterocycles. The lowest BCUT2D eigenvalue weighted by Crippen LogP contribution is -2.51. The van der Waals surface area contributed by atoms with Crippen LogP contribution < -0.4 is 5.32 Å². The molecule has 2 heterocycles. The summed E-state index contributed by atoms with van der Waals surface area (Å²) in [6.45, 7) is 9.57. The third kappa shape index (κ3) is 3.56. The van der Waals surface area contributed by atoms with Crippen molar-refractivity contribution < 1.29 is 4.74 Å². The molecule has 1 aromatic heterocycles. The minimum atomic E-state index is 0.0190. The van der Waals surface area contributed by atoms with E-state index in [2.05, 4.69) is 38.4 Å². The lowest BCUT2D eigenvalue weighted by molar-refractivity contribution is -0.0371. The van der Waals surface area contributed by atoms with Gasteiger partial charge in [-0.2, -0.15) is 0 Å². The number of thiazole rings is 1. The van der Waals surface area contributed by atoms with Gasteiger partial charge in [0.05, 0.1) is 11.6 Å². The Kier molecular flexibility index (Phi) is 4.98. The maximum Gasteiger partial charge on any atom is 0.113 e. The fraction of sp³-hybridized carbons (Fsp3) is 0.800. The summed E-state index contributed by atoms with van der Waals surface area (Å²) in [6.07, 6.45) is 4.77. The normalized spacial score (nSPS) is 27.9. The van der Waals surface area contributed by atoms with Gasteiger partial charge >= 0.3 is 0 Å². The van der Waals surface area contributed by atoms with Crippen molar-refractivity contribution >= 4 is 11.3 Å². The average Bonchev–Trinajstić information content (AvgIpc) is 2.76. The topological polar surface area (TPSA) is 34.2 Å². The summed E-state index contributed by atoms with van der Waals surface area (Å²) < 4.78 is 5.92. The first-order valence-corrected chi connectivity index (χ1v) is 8.25. The number of aryl methyl sites for hydroxylation is 1. The van der Waals surface area contributed by atoms with Gasteiger partial charge in [-0.05, 0) is 40.0 Å². The lowest BCUT2D eigenvalue weighted by Gasteiger charge is -2.41. The minimum Gasteiger partial charge on any atom is -0.378 e. The molecule has 1 aliphatic heterocycles. The van der Waals surface area contributed by atoms with E-state index in [1.807, 2.05) is 0 Å². The number of aromatic nitrogens is 1. The first-order chi connectivity index (χ1) is 9.05. The van der Waals surface area contributed by atoms with Crippen LogP contribution in [0.3, 0.4) is 0 Å². The molecule has 1 aromatic rings. The number of ether oxygens (including phenoxy) is 1. The molecule has 1 aliphatic rings. The predicted molar refractivity (Wildman–Crippen MR) is 80.7 cm³/mol. The van der Waals surface area contributed by atoms with Crippen molar-refractivity contribution in [2.45, 2.75) is 71.1 Å². The molecule has 0 radical (unpaired) electrons. The summed E-state index contributed by atoms with van der Waals surface area (Å²) in [5, 5.41) is 7.18. The summed E-state index contributed by atoms with van der Waals surface area (Å²) in [5.74, 6) is 0. The molecule has 0 spiro atoms. The summed E-state index contributed by atoms with van der Waals surface area (Å²) in [6, 6.07) is 0.463. The third-order valence-corrected chi connectivity index (χ3v) is 4.83. The maximum atomic E-state index is 5.92. The van der Waals surface area contributed by atoms with Crippen LogP contribution in [-0.4, -0.2) is 23.7 Å². The van der Waals surface area contributed by atoms with E-state index in [1.54, 1.807) is 11.3 Å². The van der Waals surface area contributed by atoms with Crippen LogP contribution in [0, 0.1) is 6.92 Å². The fourth-order valence-electron chi connectivity index (χ4n) is 2.97. The highest BCUT2D eigenvalue weighted by molar-refractivity contribution is 7.09. The number of hydrogen-bond donors (Lipinski definition) is 1. The number of nitrogens with zero attached hydrogens (tertiary/aromatic N) is 1. The highest BCUT2D eigenvalue weighted by Crippen LogP contribution is 2.38. The van der Waals surface area contributed by atoms with Crippen molar-refractivity contribution in [2.75, 3.05) is 6.61 Å². The highest BCUT2D eigenvalue weighted by atomic mass is 32.1. The highest BCUT2D eigenvalue weighted by Gasteiger charge is 2.40. The van der Waals surface area contributed by atoms with Gasteiger partial charge in [0.25, 0.3) is 0 Å². The Morgan fingerprint density at radius 3 is 2.95 bits per heavy atom. The molecule has 3 nitrogen and oxygen atoms in total. The lowest BCUT2D eigenvalue weighted by atomic mass is 9.85. The van der Waals surface area contributed by atoms with E-state index in [1.165, 1.54) is 11.4 Å². The standard InChI is InChI=1S/C15H26N2OS/c1-5-6-13-9-15(7-8-18-13,17-11(2)3)14-16-12(4)10-19-14/h10-11,13,17H,5-9H2,1-4H3. The molecule has 0 saturated carbocycles. The van der Waals surface area contributed by atoms with Crippen molar-refractivity contribution in [3.8, 4) is 0 Å². The van der Waals surface area contributed by atoms with E-state index in [4.69, 9.17) is 9.72 Å². The van der Waals surface area contributed by atoms with Crippen LogP contribution in [0.25, 0.3) is 0 Å². The van der Waals surface area contributed by atoms with E-state index in [0.717, 1.165) is 31.6 Å². The monoisotopic (exact) mass is 282 g/mol. The first-order valence-electron chi connectivity index (χ1n) is 7.37. The van der Waals surface area contributed by atoms with E-state index in [0.29, 0.717) is 12.1 Å². The van der Waals surface area contributed by atoms with Gasteiger partial charge in [-0.15, -0.1) is 11.3 Å². The summed E-state index contributed by atoms with van der Waals surface area (Å²) in [4.78, 5) is 4.75. The molecule has 19 heavy (non-hydrogen) atoms. The molecular weight excluding hydrogens is 256 g/mol. The van der Waals surface area contributed by atoms with Gasteiger partial charge in [-0.25, -0.2) is 4.98 Å². The van der Waals surface area contributed by atoms with Gasteiger partial charge in [0, 0.05) is 23.7 Å². The van der Waals surface area contributed by atoms with Gasteiger partial charge in [0.15, 0.2) is 0 Å². The molecule has 108 valence electrons. The Hall–Kier alpha value is -0.450. The van der Waals surface area contributed by atoms with Gasteiger partial charge in [0.2, 0.25) is 0 Å². The van der Waals surface area contributed by atoms with Crippen molar-refractivity contribution in [1.82, 2.24) is 10.3 Å². The SMILES string of the molecule is CCCC1CC(NC(C)C)(c2nc(C)cs2)CCO1. The summed E-state index contributed by atoms with van der Waals surface area (Å²) in [5.41, 5.74) is 1.15. The van der Waals surface area contributed by atoms with Crippen LogP contribution in [0.5, 0.6) is 0 Å². The van der Waals surface area contributed by atoms with Gasteiger partial charge < -0.3 is 10.1 Å². The summed E-state index contributed by atoms with van der Waals surface area (Å²) in [7, 11) is 0. The zero-order chi connectivity index (χ0) is 13.9. The quantitative estimate of drug-likeness (QED) is 0.895. The van der Waals surface area contributed by atoms with Crippen LogP contribution in [0.15, 0.2) is 5.38 Å². The number of nitrogens with one attached hydrogen (secondary N) is 1. The fourth-order valence-corrected chi connectivity index (χ4v) is 3.97. The molecule has 0 aromatic carbocycles. The third-order valence-electron chi connectivity index (χ3n) is 3.66. The van der Waals surface area contributed by atoms with Crippen molar-refractivity contribution in [3.05, 3.63) is 16.1 Å². The smallest absolute Gasteiger partial charge is 0.113 e. The Morgan fingerprint density at radius 1 is 1.58 bits per heavy atom. The molecule has 2 unspecified atom stereocenters. The average molecular weight is 282 g/mol. The molecule has 2 atom stereocenters. The number of hydrogen-bond acceptors (Lipinski definition) is 4. The zero-order valence-corrected chi connectivity index (χ0v) is 13.3. The van der Waals surface area contributed by atoms with Crippen LogP contribution >= 0.6 is 11.3 Å². The van der Waals surface area contributed by atoms with Crippen molar-refractivity contribution in [3.63, 3.8) is 0 Å². The zero-order valence-electron chi connectivity index (χ0n) is 12.5. The first kappa shape index (κ1) is 14.9. The Balaban J connectivity index is 2.23. The van der Waals surface area contributed by atoms with Crippen LogP contribution in [0.4, 0.5) is 0 Å². The molecule has 0 aliphatic carbocycles. The molecule has 0 amide bonds. The molecule has 1 fully saturated rings. The molecular formula is C15H26N2OS. The maximum absolute atomic E-state index is 5.92. The van der Waals surface area contributed by atoms with Gasteiger partial charge in [-0.3, -0.25) is 0 Å². The van der Waals surface area contributed by atoms with Gasteiger partial charge in [0.1, 0.15) is 5.01 Å². The van der Waals surface area contributed by atoms with Crippen LogP contribution in [-0.2, 0) is 10.3 Å². The molecule has 0 bridgehead atoms. The van der Waals surface area contributed by atoms with E-state index in [9.17, 15) is 0 Å². The Morgan fingerprint density at radius 2 is 2.37 bits per heavy atom. The number of rotatable bonds is 5. The van der Waals surface area contributed by atoms with Crippen LogP contribution in [0.1, 0.15) is 57.2 Å². The second-order valence-electron chi connectivity index (χ2n) is 5.91.